The van der Waals surface area contributed by atoms with Gasteiger partial charge in [0.2, 0.25) is 5.76 Å². The number of nitrogens with zero attached hydrogens (tertiary/aromatic N) is 1. The van der Waals surface area contributed by atoms with Crippen molar-refractivity contribution in [2.75, 3.05) is 19.8 Å². The van der Waals surface area contributed by atoms with Gasteiger partial charge in [-0.25, -0.2) is 0 Å². The molecule has 3 aromatic rings. The maximum Gasteiger partial charge on any atom is 0.290 e. The number of para-hydroxylation sites is 1. The molecule has 1 aliphatic heterocycles. The molecule has 1 aromatic heterocycles. The summed E-state index contributed by atoms with van der Waals surface area (Å²) in [4.78, 5) is 28.0. The van der Waals surface area contributed by atoms with Crippen LogP contribution in [0.3, 0.4) is 0 Å². The Hall–Kier alpha value is -3.54. The van der Waals surface area contributed by atoms with E-state index in [2.05, 4.69) is 6.58 Å². The van der Waals surface area contributed by atoms with Gasteiger partial charge in [0.05, 0.1) is 23.6 Å². The monoisotopic (exact) mass is 405 g/mol. The van der Waals surface area contributed by atoms with E-state index in [1.54, 1.807) is 41.3 Å². The van der Waals surface area contributed by atoms with E-state index in [0.717, 1.165) is 5.56 Å². The maximum atomic E-state index is 13.3. The quantitative estimate of drug-likeness (QED) is 0.548. The minimum Gasteiger partial charge on any atom is -0.490 e. The van der Waals surface area contributed by atoms with Gasteiger partial charge in [-0.05, 0) is 43.7 Å². The third kappa shape index (κ3) is 3.14. The second-order valence-electron chi connectivity index (χ2n) is 6.90. The molecule has 0 unspecified atom stereocenters. The van der Waals surface area contributed by atoms with Gasteiger partial charge in [-0.15, -0.1) is 0 Å². The molecule has 30 heavy (non-hydrogen) atoms. The number of amides is 1. The van der Waals surface area contributed by atoms with Gasteiger partial charge in [0, 0.05) is 6.54 Å². The summed E-state index contributed by atoms with van der Waals surface area (Å²) in [5.74, 6) is 0.957. The van der Waals surface area contributed by atoms with Gasteiger partial charge < -0.3 is 18.8 Å². The molecule has 0 N–H and O–H groups in total. The summed E-state index contributed by atoms with van der Waals surface area (Å²) >= 11 is 0. The van der Waals surface area contributed by atoms with E-state index in [1.807, 2.05) is 26.0 Å². The molecule has 6 heteroatoms. The van der Waals surface area contributed by atoms with E-state index in [-0.39, 0.29) is 17.1 Å². The lowest BCUT2D eigenvalue weighted by Gasteiger charge is -2.24. The highest BCUT2D eigenvalue weighted by Crippen LogP contribution is 2.40. The maximum absolute atomic E-state index is 13.3. The van der Waals surface area contributed by atoms with Crippen LogP contribution in [0.15, 0.2) is 64.3 Å². The van der Waals surface area contributed by atoms with Crippen LogP contribution in [0.5, 0.6) is 11.5 Å². The number of fused-ring (bicyclic) bond motifs is 2. The van der Waals surface area contributed by atoms with E-state index >= 15 is 0 Å². The Labute approximate surface area is 174 Å². The van der Waals surface area contributed by atoms with Gasteiger partial charge in [-0.1, -0.05) is 30.9 Å². The molecule has 4 rings (SSSR count). The minimum absolute atomic E-state index is 0.107. The lowest BCUT2D eigenvalue weighted by Crippen LogP contribution is -2.29. The lowest BCUT2D eigenvalue weighted by molar-refractivity contribution is 0.0737. The number of carbonyl (C=O) groups is 1. The van der Waals surface area contributed by atoms with E-state index in [4.69, 9.17) is 13.9 Å². The number of benzene rings is 2. The normalized spacial score (nSPS) is 15.3. The van der Waals surface area contributed by atoms with Crippen molar-refractivity contribution in [3.8, 4) is 11.5 Å². The van der Waals surface area contributed by atoms with Crippen molar-refractivity contribution >= 4 is 16.9 Å². The Balaban J connectivity index is 1.90. The van der Waals surface area contributed by atoms with Crippen molar-refractivity contribution < 1.29 is 18.7 Å². The van der Waals surface area contributed by atoms with Crippen LogP contribution >= 0.6 is 0 Å². The highest BCUT2D eigenvalue weighted by molar-refractivity contribution is 5.99. The molecule has 0 bridgehead atoms. The largest absolute Gasteiger partial charge is 0.490 e. The summed E-state index contributed by atoms with van der Waals surface area (Å²) in [6.07, 6.45) is 1.66. The molecule has 2 aromatic carbocycles. The Bertz CT molecular complexity index is 1180. The van der Waals surface area contributed by atoms with Crippen molar-refractivity contribution in [3.63, 3.8) is 0 Å². The first-order valence-electron chi connectivity index (χ1n) is 9.97. The fourth-order valence-electron chi connectivity index (χ4n) is 3.87. The summed E-state index contributed by atoms with van der Waals surface area (Å²) in [5.41, 5.74) is 1.35. The molecular weight excluding hydrogens is 382 g/mol. The zero-order valence-corrected chi connectivity index (χ0v) is 17.0. The number of ether oxygens (including phenoxy) is 2. The van der Waals surface area contributed by atoms with Gasteiger partial charge in [0.1, 0.15) is 12.2 Å². The predicted octanol–water partition coefficient (Wildman–Crippen LogP) is 4.32. The number of carbonyl (C=O) groups excluding carboxylic acids is 1. The van der Waals surface area contributed by atoms with Gasteiger partial charge in [-0.3, -0.25) is 9.59 Å². The summed E-state index contributed by atoms with van der Waals surface area (Å²) in [6, 6.07) is 11.9. The fraction of sp³-hybridized carbons (Fsp3) is 0.250. The predicted molar refractivity (Wildman–Crippen MR) is 114 cm³/mol. The molecule has 0 spiro atoms. The summed E-state index contributed by atoms with van der Waals surface area (Å²) in [6.45, 7) is 8.67. The van der Waals surface area contributed by atoms with Crippen LogP contribution in [-0.4, -0.2) is 30.6 Å². The number of hydrogen-bond donors (Lipinski definition) is 0. The third-order valence-electron chi connectivity index (χ3n) is 5.15. The first-order valence-corrected chi connectivity index (χ1v) is 9.97. The van der Waals surface area contributed by atoms with Gasteiger partial charge in [0.25, 0.3) is 5.91 Å². The Morgan fingerprint density at radius 2 is 1.90 bits per heavy atom. The second kappa shape index (κ2) is 8.06. The molecule has 1 amide bonds. The van der Waals surface area contributed by atoms with Crippen LogP contribution in [-0.2, 0) is 0 Å². The molecule has 0 fully saturated rings. The van der Waals surface area contributed by atoms with Gasteiger partial charge >= 0.3 is 0 Å². The average molecular weight is 405 g/mol. The third-order valence-corrected chi connectivity index (χ3v) is 5.15. The molecular formula is C24H23NO5. The van der Waals surface area contributed by atoms with Crippen molar-refractivity contribution in [3.05, 3.63) is 82.2 Å². The average Bonchev–Trinajstić information content (AvgIpc) is 3.05. The lowest BCUT2D eigenvalue weighted by atomic mass is 9.98. The number of hydrogen-bond acceptors (Lipinski definition) is 5. The molecule has 0 saturated carbocycles. The minimum atomic E-state index is -0.550. The zero-order valence-electron chi connectivity index (χ0n) is 17.0. The highest BCUT2D eigenvalue weighted by Gasteiger charge is 2.42. The van der Waals surface area contributed by atoms with Gasteiger partial charge in [0.15, 0.2) is 16.9 Å². The Kier molecular flexibility index (Phi) is 5.31. The molecule has 154 valence electrons. The van der Waals surface area contributed by atoms with E-state index < -0.39 is 6.04 Å². The fourth-order valence-corrected chi connectivity index (χ4v) is 3.87. The van der Waals surface area contributed by atoms with E-state index in [1.165, 1.54) is 0 Å². The molecule has 0 radical (unpaired) electrons. The Morgan fingerprint density at radius 3 is 2.63 bits per heavy atom. The van der Waals surface area contributed by atoms with Crippen LogP contribution in [0.4, 0.5) is 0 Å². The summed E-state index contributed by atoms with van der Waals surface area (Å²) < 4.78 is 17.3. The van der Waals surface area contributed by atoms with Crippen molar-refractivity contribution in [1.82, 2.24) is 4.90 Å². The summed E-state index contributed by atoms with van der Waals surface area (Å²) in [7, 11) is 0. The van der Waals surface area contributed by atoms with Crippen molar-refractivity contribution in [1.29, 1.82) is 0 Å². The van der Waals surface area contributed by atoms with E-state index in [0.29, 0.717) is 47.8 Å². The summed E-state index contributed by atoms with van der Waals surface area (Å²) in [5, 5.41) is 0.461. The molecule has 0 aliphatic carbocycles. The van der Waals surface area contributed by atoms with Crippen LogP contribution in [0, 0.1) is 0 Å². The smallest absolute Gasteiger partial charge is 0.290 e. The van der Waals surface area contributed by atoms with Crippen molar-refractivity contribution in [2.45, 2.75) is 19.9 Å². The van der Waals surface area contributed by atoms with Crippen LogP contribution in [0.2, 0.25) is 0 Å². The molecule has 2 heterocycles. The SMILES string of the molecule is C=CCOc1ccc([C@@H]2c3c(oc4ccccc4c3=O)C(=O)N2CC)cc1OCC. The second-order valence-corrected chi connectivity index (χ2v) is 6.90. The molecule has 1 atom stereocenters. The van der Waals surface area contributed by atoms with E-state index in [9.17, 15) is 9.59 Å². The zero-order chi connectivity index (χ0) is 21.3. The standard InChI is InChI=1S/C24H23NO5/c1-4-13-29-18-12-11-15(14-19(18)28-6-3)21-20-22(26)16-9-7-8-10-17(16)30-23(20)24(27)25(21)5-2/h4,7-12,14,21H,1,5-6,13H2,2-3H3/t21-/m1/s1. The van der Waals surface area contributed by atoms with Crippen LogP contribution < -0.4 is 14.9 Å². The first-order chi connectivity index (χ1) is 14.6. The molecule has 1 aliphatic rings. The molecule has 6 nitrogen and oxygen atoms in total. The highest BCUT2D eigenvalue weighted by atomic mass is 16.5. The van der Waals surface area contributed by atoms with Crippen LogP contribution in [0.25, 0.3) is 11.0 Å². The first kappa shape index (κ1) is 19.8. The van der Waals surface area contributed by atoms with Gasteiger partial charge in [-0.2, -0.15) is 0 Å². The van der Waals surface area contributed by atoms with Crippen LogP contribution in [0.1, 0.15) is 41.6 Å². The van der Waals surface area contributed by atoms with Crippen molar-refractivity contribution in [2.24, 2.45) is 0 Å². The topological polar surface area (TPSA) is 69.0 Å². The Morgan fingerprint density at radius 1 is 1.10 bits per heavy atom. The number of rotatable bonds is 7. The molecule has 0 saturated heterocycles.